The summed E-state index contributed by atoms with van der Waals surface area (Å²) in [6, 6.07) is 6.81. The number of benzene rings is 1. The molecule has 2 rings (SSSR count). The number of methoxy groups -OCH3 is 1. The molecule has 31 heavy (non-hydrogen) atoms. The molecular formula is C21H29N5O4S. The molecule has 1 amide bonds. The van der Waals surface area contributed by atoms with Crippen molar-refractivity contribution < 1.29 is 19.1 Å². The lowest BCUT2D eigenvalue weighted by atomic mass is 10.2. The largest absolute Gasteiger partial charge is 0.497 e. The van der Waals surface area contributed by atoms with Crippen LogP contribution in [0.3, 0.4) is 0 Å². The number of thiazole rings is 1. The zero-order valence-corrected chi connectivity index (χ0v) is 19.3. The van der Waals surface area contributed by atoms with Crippen LogP contribution in [0.5, 0.6) is 5.75 Å². The van der Waals surface area contributed by atoms with Gasteiger partial charge in [0.1, 0.15) is 15.6 Å². The maximum atomic E-state index is 12.2. The number of guanidine groups is 1. The maximum absolute atomic E-state index is 12.2. The fraction of sp³-hybridized carbons (Fsp3) is 0.429. The lowest BCUT2D eigenvalue weighted by molar-refractivity contribution is 0.0531. The summed E-state index contributed by atoms with van der Waals surface area (Å²) in [5.74, 6) is 0.661. The monoisotopic (exact) mass is 447 g/mol. The fourth-order valence-corrected chi connectivity index (χ4v) is 3.64. The average Bonchev–Trinajstić information content (AvgIpc) is 3.17. The van der Waals surface area contributed by atoms with Gasteiger partial charge in [0.15, 0.2) is 5.96 Å². The van der Waals surface area contributed by atoms with E-state index < -0.39 is 0 Å². The molecule has 9 nitrogen and oxygen atoms in total. The molecule has 168 valence electrons. The number of amides is 1. The molecule has 0 radical (unpaired) electrons. The van der Waals surface area contributed by atoms with Gasteiger partial charge in [-0.25, -0.2) is 9.78 Å². The molecule has 1 unspecified atom stereocenters. The Balaban J connectivity index is 1.83. The van der Waals surface area contributed by atoms with E-state index in [9.17, 15) is 9.59 Å². The topological polar surface area (TPSA) is 114 Å². The lowest BCUT2D eigenvalue weighted by Gasteiger charge is -2.16. The number of aryl methyl sites for hydroxylation is 1. The van der Waals surface area contributed by atoms with Crippen molar-refractivity contribution in [3.05, 3.63) is 45.4 Å². The van der Waals surface area contributed by atoms with Gasteiger partial charge < -0.3 is 25.4 Å². The third-order valence-corrected chi connectivity index (χ3v) is 5.58. The van der Waals surface area contributed by atoms with E-state index in [0.29, 0.717) is 47.5 Å². The summed E-state index contributed by atoms with van der Waals surface area (Å²) in [4.78, 5) is 33.4. The third-order valence-electron chi connectivity index (χ3n) is 4.26. The predicted molar refractivity (Wildman–Crippen MR) is 121 cm³/mol. The van der Waals surface area contributed by atoms with Crippen molar-refractivity contribution in [1.29, 1.82) is 0 Å². The number of rotatable bonds is 9. The van der Waals surface area contributed by atoms with Gasteiger partial charge in [-0.2, -0.15) is 0 Å². The molecule has 0 bridgehead atoms. The second kappa shape index (κ2) is 11.9. The second-order valence-electron chi connectivity index (χ2n) is 6.54. The molecule has 0 fully saturated rings. The number of carbonyl (C=O) groups excluding carboxylic acids is 2. The van der Waals surface area contributed by atoms with Gasteiger partial charge in [-0.05, 0) is 39.0 Å². The normalized spacial score (nSPS) is 12.1. The zero-order valence-electron chi connectivity index (χ0n) is 18.4. The van der Waals surface area contributed by atoms with E-state index in [1.54, 1.807) is 52.3 Å². The van der Waals surface area contributed by atoms with Crippen molar-refractivity contribution in [1.82, 2.24) is 20.9 Å². The Labute approximate surface area is 186 Å². The summed E-state index contributed by atoms with van der Waals surface area (Å²) in [5, 5.41) is 9.99. The van der Waals surface area contributed by atoms with Crippen LogP contribution in [0.2, 0.25) is 0 Å². The summed E-state index contributed by atoms with van der Waals surface area (Å²) in [5.41, 5.74) is 1.18. The van der Waals surface area contributed by atoms with Crippen LogP contribution in [0.25, 0.3) is 0 Å². The summed E-state index contributed by atoms with van der Waals surface area (Å²) in [6.45, 7) is 6.71. The molecule has 1 heterocycles. The lowest BCUT2D eigenvalue weighted by Crippen LogP contribution is -2.42. The van der Waals surface area contributed by atoms with Crippen LogP contribution in [0, 0.1) is 6.92 Å². The minimum absolute atomic E-state index is 0.163. The molecule has 10 heteroatoms. The van der Waals surface area contributed by atoms with Gasteiger partial charge in [0.25, 0.3) is 5.91 Å². The molecule has 0 spiro atoms. The minimum atomic E-state index is -0.356. The van der Waals surface area contributed by atoms with Crippen LogP contribution in [0.15, 0.2) is 29.3 Å². The summed E-state index contributed by atoms with van der Waals surface area (Å²) >= 11 is 1.30. The van der Waals surface area contributed by atoms with E-state index in [1.807, 2.05) is 6.92 Å². The average molecular weight is 448 g/mol. The number of esters is 1. The molecule has 2 aromatic rings. The van der Waals surface area contributed by atoms with Gasteiger partial charge in [0, 0.05) is 25.7 Å². The Hall–Kier alpha value is -3.14. The van der Waals surface area contributed by atoms with Gasteiger partial charge in [0.2, 0.25) is 0 Å². The molecule has 1 atom stereocenters. The van der Waals surface area contributed by atoms with Gasteiger partial charge in [-0.15, -0.1) is 11.3 Å². The molecule has 0 saturated carbocycles. The first-order valence-corrected chi connectivity index (χ1v) is 10.7. The summed E-state index contributed by atoms with van der Waals surface area (Å²) in [6.07, 6.45) is 0. The Bertz CT molecular complexity index is 928. The molecule has 1 aromatic heterocycles. The van der Waals surface area contributed by atoms with Crippen molar-refractivity contribution in [2.24, 2.45) is 4.99 Å². The molecule has 1 aromatic carbocycles. The van der Waals surface area contributed by atoms with E-state index in [1.165, 1.54) is 11.3 Å². The van der Waals surface area contributed by atoms with Crippen molar-refractivity contribution in [2.75, 3.05) is 33.9 Å². The third kappa shape index (κ3) is 6.95. The number of hydrogen-bond donors (Lipinski definition) is 3. The summed E-state index contributed by atoms with van der Waals surface area (Å²) in [7, 11) is 3.22. The molecule has 0 aliphatic heterocycles. The van der Waals surface area contributed by atoms with Crippen molar-refractivity contribution in [3.63, 3.8) is 0 Å². The Kier molecular flexibility index (Phi) is 9.26. The first-order chi connectivity index (χ1) is 14.9. The van der Waals surface area contributed by atoms with E-state index >= 15 is 0 Å². The van der Waals surface area contributed by atoms with Crippen LogP contribution in [0.4, 0.5) is 0 Å². The molecule has 0 aliphatic carbocycles. The molecular weight excluding hydrogens is 418 g/mol. The van der Waals surface area contributed by atoms with Crippen LogP contribution in [-0.2, 0) is 4.74 Å². The highest BCUT2D eigenvalue weighted by molar-refractivity contribution is 7.13. The number of carbonyl (C=O) groups is 2. The number of hydrogen-bond acceptors (Lipinski definition) is 7. The fourth-order valence-electron chi connectivity index (χ4n) is 2.67. The minimum Gasteiger partial charge on any atom is -0.497 e. The van der Waals surface area contributed by atoms with E-state index in [2.05, 4.69) is 25.9 Å². The van der Waals surface area contributed by atoms with Gasteiger partial charge >= 0.3 is 5.97 Å². The van der Waals surface area contributed by atoms with E-state index in [-0.39, 0.29) is 17.9 Å². The highest BCUT2D eigenvalue weighted by Crippen LogP contribution is 2.24. The number of nitrogens with one attached hydrogen (secondary N) is 3. The number of aromatic nitrogens is 1. The Morgan fingerprint density at radius 2 is 2.00 bits per heavy atom. The first kappa shape index (κ1) is 24.1. The Morgan fingerprint density at radius 3 is 2.68 bits per heavy atom. The smallest absolute Gasteiger partial charge is 0.350 e. The van der Waals surface area contributed by atoms with Gasteiger partial charge in [-0.3, -0.25) is 9.79 Å². The second-order valence-corrected chi connectivity index (χ2v) is 7.57. The van der Waals surface area contributed by atoms with Crippen LogP contribution in [-0.4, -0.2) is 56.7 Å². The van der Waals surface area contributed by atoms with E-state index in [4.69, 9.17) is 9.47 Å². The number of aliphatic imine (C=N–C) groups is 1. The Morgan fingerprint density at radius 1 is 1.26 bits per heavy atom. The van der Waals surface area contributed by atoms with Gasteiger partial charge in [0.05, 0.1) is 25.5 Å². The van der Waals surface area contributed by atoms with Crippen LogP contribution < -0.4 is 20.7 Å². The number of ether oxygens (including phenoxy) is 2. The molecule has 0 saturated heterocycles. The van der Waals surface area contributed by atoms with Crippen molar-refractivity contribution in [3.8, 4) is 5.75 Å². The summed E-state index contributed by atoms with van der Waals surface area (Å²) < 4.78 is 10.2. The van der Waals surface area contributed by atoms with Gasteiger partial charge in [-0.1, -0.05) is 6.07 Å². The highest BCUT2D eigenvalue weighted by Gasteiger charge is 2.20. The van der Waals surface area contributed by atoms with Crippen molar-refractivity contribution >= 4 is 29.2 Å². The standard InChI is InChI=1S/C21H29N5O4S/c1-6-30-20(28)17-13(2)25-19(31-17)14(3)26-21(22-4)24-11-10-23-18(27)15-8-7-9-16(12-15)29-5/h7-9,12,14H,6,10-11H2,1-5H3,(H,23,27)(H2,22,24,26). The predicted octanol–water partition coefficient (Wildman–Crippen LogP) is 2.29. The molecule has 3 N–H and O–H groups in total. The number of nitrogens with zero attached hydrogens (tertiary/aromatic N) is 2. The van der Waals surface area contributed by atoms with Crippen LogP contribution in [0.1, 0.15) is 50.6 Å². The molecule has 0 aliphatic rings. The zero-order chi connectivity index (χ0) is 22.8. The van der Waals surface area contributed by atoms with Crippen LogP contribution >= 0.6 is 11.3 Å². The SMILES string of the molecule is CCOC(=O)c1sc(C(C)NC(=NC)NCCNC(=O)c2cccc(OC)c2)nc1C. The maximum Gasteiger partial charge on any atom is 0.350 e. The van der Waals surface area contributed by atoms with Crippen molar-refractivity contribution in [2.45, 2.75) is 26.8 Å². The van der Waals surface area contributed by atoms with E-state index in [0.717, 1.165) is 5.01 Å². The first-order valence-electron chi connectivity index (χ1n) is 9.93. The highest BCUT2D eigenvalue weighted by atomic mass is 32.1. The quantitative estimate of drug-likeness (QED) is 0.234.